The SMILES string of the molecule is O=S(=O)(NCC1CCCCS1)c1ccc(CO)c(Cl)c1. The van der Waals surface area contributed by atoms with Gasteiger partial charge in [0.1, 0.15) is 0 Å². The highest BCUT2D eigenvalue weighted by molar-refractivity contribution is 8.00. The summed E-state index contributed by atoms with van der Waals surface area (Å²) in [6.07, 6.45) is 3.43. The summed E-state index contributed by atoms with van der Waals surface area (Å²) in [7, 11) is -3.54. The van der Waals surface area contributed by atoms with Crippen LogP contribution in [0.2, 0.25) is 5.02 Å². The van der Waals surface area contributed by atoms with Crippen LogP contribution in [0.4, 0.5) is 0 Å². The Morgan fingerprint density at radius 2 is 2.20 bits per heavy atom. The van der Waals surface area contributed by atoms with E-state index >= 15 is 0 Å². The summed E-state index contributed by atoms with van der Waals surface area (Å²) in [4.78, 5) is 0.139. The van der Waals surface area contributed by atoms with Crippen LogP contribution in [-0.2, 0) is 16.6 Å². The monoisotopic (exact) mass is 335 g/mol. The van der Waals surface area contributed by atoms with Gasteiger partial charge in [-0.15, -0.1) is 0 Å². The highest BCUT2D eigenvalue weighted by Crippen LogP contribution is 2.25. The molecule has 20 heavy (non-hydrogen) atoms. The lowest BCUT2D eigenvalue weighted by Gasteiger charge is -2.21. The van der Waals surface area contributed by atoms with Gasteiger partial charge in [0.05, 0.1) is 11.5 Å². The van der Waals surface area contributed by atoms with E-state index in [-0.39, 0.29) is 16.5 Å². The molecule has 7 heteroatoms. The Kier molecular flexibility index (Phi) is 5.74. The van der Waals surface area contributed by atoms with Gasteiger partial charge in [0.15, 0.2) is 0 Å². The predicted molar refractivity (Wildman–Crippen MR) is 82.7 cm³/mol. The first-order valence-electron chi connectivity index (χ1n) is 6.53. The van der Waals surface area contributed by atoms with Gasteiger partial charge >= 0.3 is 0 Å². The summed E-state index contributed by atoms with van der Waals surface area (Å²) in [5.74, 6) is 1.10. The summed E-state index contributed by atoms with van der Waals surface area (Å²) in [6, 6.07) is 4.38. The summed E-state index contributed by atoms with van der Waals surface area (Å²) >= 11 is 7.75. The molecule has 112 valence electrons. The molecule has 1 fully saturated rings. The second kappa shape index (κ2) is 7.13. The zero-order chi connectivity index (χ0) is 14.6. The Hall–Kier alpha value is -0.270. The second-order valence-electron chi connectivity index (χ2n) is 4.75. The molecule has 1 aliphatic heterocycles. The van der Waals surface area contributed by atoms with Gasteiger partial charge in [-0.3, -0.25) is 0 Å². The first kappa shape index (κ1) is 16.1. The van der Waals surface area contributed by atoms with Crippen molar-refractivity contribution < 1.29 is 13.5 Å². The molecule has 1 atom stereocenters. The van der Waals surface area contributed by atoms with E-state index in [1.165, 1.54) is 24.6 Å². The van der Waals surface area contributed by atoms with Crippen molar-refractivity contribution >= 4 is 33.4 Å². The number of thioether (sulfide) groups is 1. The van der Waals surface area contributed by atoms with Crippen molar-refractivity contribution in [1.82, 2.24) is 4.72 Å². The molecule has 0 amide bonds. The quantitative estimate of drug-likeness (QED) is 0.867. The van der Waals surface area contributed by atoms with E-state index in [2.05, 4.69) is 4.72 Å². The van der Waals surface area contributed by atoms with Crippen LogP contribution in [0.3, 0.4) is 0 Å². The number of hydrogen-bond donors (Lipinski definition) is 2. The molecule has 4 nitrogen and oxygen atoms in total. The lowest BCUT2D eigenvalue weighted by Crippen LogP contribution is -2.32. The molecule has 1 aliphatic rings. The van der Waals surface area contributed by atoms with Crippen LogP contribution in [0.15, 0.2) is 23.1 Å². The first-order chi connectivity index (χ1) is 9.53. The predicted octanol–water partition coefficient (Wildman–Crippen LogP) is 2.40. The van der Waals surface area contributed by atoms with Crippen LogP contribution < -0.4 is 4.72 Å². The minimum Gasteiger partial charge on any atom is -0.392 e. The van der Waals surface area contributed by atoms with Crippen LogP contribution >= 0.6 is 23.4 Å². The molecule has 0 aliphatic carbocycles. The van der Waals surface area contributed by atoms with Crippen molar-refractivity contribution in [3.05, 3.63) is 28.8 Å². The molecule has 0 aromatic heterocycles. The Morgan fingerprint density at radius 1 is 1.40 bits per heavy atom. The van der Waals surface area contributed by atoms with E-state index < -0.39 is 10.0 Å². The fourth-order valence-corrected chi connectivity index (χ4v) is 4.83. The minimum atomic E-state index is -3.54. The molecule has 1 saturated heterocycles. The summed E-state index contributed by atoms with van der Waals surface area (Å²) in [5.41, 5.74) is 0.522. The average Bonchev–Trinajstić information content (AvgIpc) is 2.46. The van der Waals surface area contributed by atoms with E-state index in [1.54, 1.807) is 0 Å². The third-order valence-electron chi connectivity index (χ3n) is 3.28. The molecule has 0 saturated carbocycles. The van der Waals surface area contributed by atoms with Gasteiger partial charge < -0.3 is 5.11 Å². The van der Waals surface area contributed by atoms with E-state index in [9.17, 15) is 8.42 Å². The van der Waals surface area contributed by atoms with E-state index in [0.717, 1.165) is 18.6 Å². The molecule has 0 radical (unpaired) electrons. The number of nitrogens with one attached hydrogen (secondary N) is 1. The lowest BCUT2D eigenvalue weighted by atomic mass is 10.2. The van der Waals surface area contributed by atoms with Crippen LogP contribution in [0.1, 0.15) is 24.8 Å². The fourth-order valence-electron chi connectivity index (χ4n) is 2.08. The Morgan fingerprint density at radius 3 is 2.80 bits per heavy atom. The number of halogens is 1. The van der Waals surface area contributed by atoms with Gasteiger partial charge in [-0.05, 0) is 36.3 Å². The number of aliphatic hydroxyl groups is 1. The van der Waals surface area contributed by atoms with Gasteiger partial charge in [0, 0.05) is 16.8 Å². The molecule has 1 aromatic rings. The molecule has 2 rings (SSSR count). The normalized spacial score (nSPS) is 20.0. The molecular formula is C13H18ClNO3S2. The van der Waals surface area contributed by atoms with Gasteiger partial charge in [-0.1, -0.05) is 24.1 Å². The van der Waals surface area contributed by atoms with Crippen molar-refractivity contribution in [2.24, 2.45) is 0 Å². The van der Waals surface area contributed by atoms with Crippen LogP contribution in [-0.4, -0.2) is 31.1 Å². The molecule has 2 N–H and O–H groups in total. The van der Waals surface area contributed by atoms with Crippen LogP contribution in [0, 0.1) is 0 Å². The van der Waals surface area contributed by atoms with Crippen molar-refractivity contribution in [3.63, 3.8) is 0 Å². The van der Waals surface area contributed by atoms with Crippen molar-refractivity contribution in [3.8, 4) is 0 Å². The highest BCUT2D eigenvalue weighted by Gasteiger charge is 2.19. The number of sulfonamides is 1. The third kappa shape index (κ3) is 4.11. The van der Waals surface area contributed by atoms with Crippen molar-refractivity contribution in [2.45, 2.75) is 36.0 Å². The smallest absolute Gasteiger partial charge is 0.240 e. The topological polar surface area (TPSA) is 66.4 Å². The molecular weight excluding hydrogens is 318 g/mol. The Balaban J connectivity index is 2.04. The largest absolute Gasteiger partial charge is 0.392 e. The molecule has 1 aromatic carbocycles. The maximum Gasteiger partial charge on any atom is 0.240 e. The molecule has 1 heterocycles. The average molecular weight is 336 g/mol. The van der Waals surface area contributed by atoms with Gasteiger partial charge in [-0.2, -0.15) is 11.8 Å². The summed E-state index contributed by atoms with van der Waals surface area (Å²) in [6.45, 7) is 0.248. The number of rotatable bonds is 5. The Bertz CT molecular complexity index is 557. The number of hydrogen-bond acceptors (Lipinski definition) is 4. The highest BCUT2D eigenvalue weighted by atomic mass is 35.5. The summed E-state index contributed by atoms with van der Waals surface area (Å²) < 4.78 is 27.0. The van der Waals surface area contributed by atoms with Gasteiger partial charge in [0.25, 0.3) is 0 Å². The molecule has 1 unspecified atom stereocenters. The van der Waals surface area contributed by atoms with Crippen molar-refractivity contribution in [1.29, 1.82) is 0 Å². The van der Waals surface area contributed by atoms with Gasteiger partial charge in [-0.25, -0.2) is 13.1 Å². The number of aliphatic hydroxyl groups excluding tert-OH is 1. The van der Waals surface area contributed by atoms with Crippen LogP contribution in [0.25, 0.3) is 0 Å². The standard InChI is InChI=1S/C13H18ClNO3S2/c14-13-7-12(5-4-10(13)9-16)20(17,18)15-8-11-3-1-2-6-19-11/h4-5,7,11,15-16H,1-3,6,8-9H2. The zero-order valence-corrected chi connectivity index (χ0v) is 13.4. The van der Waals surface area contributed by atoms with E-state index in [4.69, 9.17) is 16.7 Å². The molecule has 0 spiro atoms. The van der Waals surface area contributed by atoms with E-state index in [0.29, 0.717) is 17.4 Å². The van der Waals surface area contributed by atoms with Gasteiger partial charge in [0.2, 0.25) is 10.0 Å². The number of benzene rings is 1. The fraction of sp³-hybridized carbons (Fsp3) is 0.538. The van der Waals surface area contributed by atoms with E-state index in [1.807, 2.05) is 11.8 Å². The first-order valence-corrected chi connectivity index (χ1v) is 9.44. The maximum absolute atomic E-state index is 12.2. The summed E-state index contributed by atoms with van der Waals surface area (Å²) in [5, 5.41) is 9.65. The second-order valence-corrected chi connectivity index (χ2v) is 8.33. The third-order valence-corrected chi connectivity index (χ3v) is 6.45. The maximum atomic E-state index is 12.2. The lowest BCUT2D eigenvalue weighted by molar-refractivity contribution is 0.282. The zero-order valence-electron chi connectivity index (χ0n) is 11.0. The Labute approximate surface area is 129 Å². The van der Waals surface area contributed by atoms with Crippen LogP contribution in [0.5, 0.6) is 0 Å². The molecule has 0 bridgehead atoms. The van der Waals surface area contributed by atoms with Crippen molar-refractivity contribution in [2.75, 3.05) is 12.3 Å². The minimum absolute atomic E-state index is 0.139.